The van der Waals surface area contributed by atoms with E-state index in [0.29, 0.717) is 12.2 Å². The van der Waals surface area contributed by atoms with Crippen molar-refractivity contribution in [2.24, 2.45) is 7.05 Å². The number of carbonyl (C=O) groups excluding carboxylic acids is 3. The molecule has 0 aliphatic carbocycles. The van der Waals surface area contributed by atoms with E-state index in [1.807, 2.05) is 0 Å². The topological polar surface area (TPSA) is 97.2 Å². The van der Waals surface area contributed by atoms with Crippen molar-refractivity contribution in [1.82, 2.24) is 25.0 Å². The Balaban J connectivity index is 1.96. The predicted octanol–water partition coefficient (Wildman–Crippen LogP) is -1.17. The summed E-state index contributed by atoms with van der Waals surface area (Å²) in [4.78, 5) is 38.7. The van der Waals surface area contributed by atoms with Crippen molar-refractivity contribution in [3.63, 3.8) is 0 Å². The second kappa shape index (κ2) is 4.32. The second-order valence-electron chi connectivity index (χ2n) is 3.66. The minimum absolute atomic E-state index is 0.169. The van der Waals surface area contributed by atoms with Gasteiger partial charge in [0, 0.05) is 20.0 Å². The lowest BCUT2D eigenvalue weighted by atomic mass is 10.2. The highest BCUT2D eigenvalue weighted by molar-refractivity contribution is 6.14. The van der Waals surface area contributed by atoms with Crippen LogP contribution in [0.5, 0.6) is 0 Å². The van der Waals surface area contributed by atoms with E-state index in [0.717, 1.165) is 4.90 Å². The van der Waals surface area contributed by atoms with Crippen LogP contribution in [0.15, 0.2) is 6.33 Å². The number of nitrogens with zero attached hydrogens (tertiary/aromatic N) is 4. The van der Waals surface area contributed by atoms with Gasteiger partial charge in [-0.1, -0.05) is 0 Å². The van der Waals surface area contributed by atoms with Gasteiger partial charge in [0.1, 0.15) is 12.7 Å². The first-order valence-electron chi connectivity index (χ1n) is 5.05. The third-order valence-corrected chi connectivity index (χ3v) is 2.31. The van der Waals surface area contributed by atoms with Gasteiger partial charge in [0.2, 0.25) is 11.8 Å². The summed E-state index contributed by atoms with van der Waals surface area (Å²) >= 11 is 0. The maximum Gasteiger partial charge on any atom is 0.330 e. The molecule has 4 amide bonds. The van der Waals surface area contributed by atoms with Gasteiger partial charge in [-0.25, -0.2) is 9.78 Å². The number of barbiturate groups is 1. The normalized spacial score (nSPS) is 16.3. The molecule has 1 aromatic heterocycles. The molecule has 17 heavy (non-hydrogen) atoms. The lowest BCUT2D eigenvalue weighted by molar-refractivity contribution is -0.136. The molecule has 0 saturated carbocycles. The van der Waals surface area contributed by atoms with E-state index in [9.17, 15) is 14.4 Å². The van der Waals surface area contributed by atoms with Crippen molar-refractivity contribution < 1.29 is 14.4 Å². The molecular formula is C9H11N5O3. The number of amides is 4. The molecule has 0 atom stereocenters. The van der Waals surface area contributed by atoms with Crippen molar-refractivity contribution in [3.8, 4) is 0 Å². The summed E-state index contributed by atoms with van der Waals surface area (Å²) in [6.07, 6.45) is 1.62. The van der Waals surface area contributed by atoms with Crippen LogP contribution in [0.3, 0.4) is 0 Å². The van der Waals surface area contributed by atoms with Crippen LogP contribution in [-0.4, -0.2) is 44.1 Å². The largest absolute Gasteiger partial charge is 0.330 e. The first-order valence-corrected chi connectivity index (χ1v) is 5.05. The summed E-state index contributed by atoms with van der Waals surface area (Å²) in [6, 6.07) is -0.679. The molecule has 8 nitrogen and oxygen atoms in total. The fourth-order valence-corrected chi connectivity index (χ4v) is 1.51. The van der Waals surface area contributed by atoms with Crippen LogP contribution in [0.25, 0.3) is 0 Å². The Morgan fingerprint density at radius 3 is 2.76 bits per heavy atom. The lowest BCUT2D eigenvalue weighted by Crippen LogP contribution is -2.53. The number of aromatic nitrogens is 3. The van der Waals surface area contributed by atoms with Gasteiger partial charge < -0.3 is 0 Å². The monoisotopic (exact) mass is 237 g/mol. The Morgan fingerprint density at radius 2 is 2.18 bits per heavy atom. The molecular weight excluding hydrogens is 226 g/mol. The summed E-state index contributed by atoms with van der Waals surface area (Å²) in [5.74, 6) is -0.508. The van der Waals surface area contributed by atoms with Gasteiger partial charge in [-0.2, -0.15) is 5.10 Å². The van der Waals surface area contributed by atoms with Crippen LogP contribution >= 0.6 is 0 Å². The van der Waals surface area contributed by atoms with E-state index >= 15 is 0 Å². The van der Waals surface area contributed by atoms with Gasteiger partial charge in [-0.3, -0.25) is 24.5 Å². The number of imide groups is 2. The number of aryl methyl sites for hydroxylation is 1. The Hall–Kier alpha value is -2.25. The van der Waals surface area contributed by atoms with E-state index in [-0.39, 0.29) is 13.0 Å². The van der Waals surface area contributed by atoms with Crippen molar-refractivity contribution in [3.05, 3.63) is 12.2 Å². The fraction of sp³-hybridized carbons (Fsp3) is 0.444. The van der Waals surface area contributed by atoms with Crippen LogP contribution in [0, 0.1) is 0 Å². The Morgan fingerprint density at radius 1 is 1.41 bits per heavy atom. The van der Waals surface area contributed by atoms with Gasteiger partial charge in [0.25, 0.3) is 0 Å². The summed E-state index contributed by atoms with van der Waals surface area (Å²) in [5.41, 5.74) is 0. The predicted molar refractivity (Wildman–Crippen MR) is 54.6 cm³/mol. The summed E-state index contributed by atoms with van der Waals surface area (Å²) in [5, 5.41) is 6.11. The minimum Gasteiger partial charge on any atom is -0.277 e. The second-order valence-corrected chi connectivity index (χ2v) is 3.66. The van der Waals surface area contributed by atoms with Crippen molar-refractivity contribution in [2.45, 2.75) is 12.8 Å². The molecule has 2 rings (SSSR count). The quantitative estimate of drug-likeness (QED) is 0.668. The summed E-state index contributed by atoms with van der Waals surface area (Å²) in [7, 11) is 1.73. The van der Waals surface area contributed by atoms with Crippen LogP contribution in [0.4, 0.5) is 4.79 Å². The van der Waals surface area contributed by atoms with Crippen molar-refractivity contribution in [2.75, 3.05) is 6.54 Å². The number of rotatable bonds is 3. The third-order valence-electron chi connectivity index (χ3n) is 2.31. The van der Waals surface area contributed by atoms with Gasteiger partial charge in [-0.15, -0.1) is 0 Å². The number of hydrogen-bond acceptors (Lipinski definition) is 5. The Bertz CT molecular complexity index is 461. The van der Waals surface area contributed by atoms with Gasteiger partial charge in [0.15, 0.2) is 5.82 Å². The zero-order valence-corrected chi connectivity index (χ0v) is 9.21. The third kappa shape index (κ3) is 2.47. The van der Waals surface area contributed by atoms with Gasteiger partial charge in [0.05, 0.1) is 0 Å². The highest BCUT2D eigenvalue weighted by atomic mass is 16.2. The van der Waals surface area contributed by atoms with Crippen LogP contribution in [0.2, 0.25) is 0 Å². The molecule has 2 heterocycles. The van der Waals surface area contributed by atoms with Crippen molar-refractivity contribution in [1.29, 1.82) is 0 Å². The first kappa shape index (κ1) is 11.2. The molecule has 0 aromatic carbocycles. The van der Waals surface area contributed by atoms with Crippen LogP contribution in [0.1, 0.15) is 12.2 Å². The number of hydrogen-bond donors (Lipinski definition) is 1. The van der Waals surface area contributed by atoms with E-state index in [2.05, 4.69) is 15.4 Å². The molecule has 0 bridgehead atoms. The molecule has 90 valence electrons. The Labute approximate surface area is 96.6 Å². The number of urea groups is 1. The Kier molecular flexibility index (Phi) is 2.86. The summed E-state index contributed by atoms with van der Waals surface area (Å²) in [6.45, 7) is 0.169. The average Bonchev–Trinajstić information content (AvgIpc) is 2.62. The first-order chi connectivity index (χ1) is 8.06. The highest BCUT2D eigenvalue weighted by Crippen LogP contribution is 2.04. The standard InChI is InChI=1S/C9H11N5O3/c1-13-5-10-6(12-13)2-3-14-8(16)4-7(15)11-9(14)17/h5H,2-4H2,1H3,(H,11,15,17). The molecule has 1 saturated heterocycles. The molecule has 1 aliphatic heterocycles. The number of nitrogens with one attached hydrogen (secondary N) is 1. The molecule has 8 heteroatoms. The van der Waals surface area contributed by atoms with Crippen molar-refractivity contribution >= 4 is 17.8 Å². The fourth-order valence-electron chi connectivity index (χ4n) is 1.51. The molecule has 0 spiro atoms. The van der Waals surface area contributed by atoms with Crippen LogP contribution < -0.4 is 5.32 Å². The molecule has 1 N–H and O–H groups in total. The van der Waals surface area contributed by atoms with E-state index < -0.39 is 17.8 Å². The van der Waals surface area contributed by atoms with Gasteiger partial charge in [-0.05, 0) is 0 Å². The smallest absolute Gasteiger partial charge is 0.277 e. The van der Waals surface area contributed by atoms with E-state index in [4.69, 9.17) is 0 Å². The van der Waals surface area contributed by atoms with E-state index in [1.165, 1.54) is 11.0 Å². The molecule has 0 radical (unpaired) electrons. The van der Waals surface area contributed by atoms with Crippen LogP contribution in [-0.2, 0) is 23.1 Å². The molecule has 0 unspecified atom stereocenters. The SMILES string of the molecule is Cn1cnc(CCN2C(=O)CC(=O)NC2=O)n1. The maximum absolute atomic E-state index is 11.4. The molecule has 1 aliphatic rings. The maximum atomic E-state index is 11.4. The van der Waals surface area contributed by atoms with E-state index in [1.54, 1.807) is 7.05 Å². The minimum atomic E-state index is -0.679. The highest BCUT2D eigenvalue weighted by Gasteiger charge is 2.30. The summed E-state index contributed by atoms with van der Waals surface area (Å²) < 4.78 is 1.54. The average molecular weight is 237 g/mol. The van der Waals surface area contributed by atoms with Gasteiger partial charge >= 0.3 is 6.03 Å². The molecule has 1 aromatic rings. The number of carbonyl (C=O) groups is 3. The lowest BCUT2D eigenvalue weighted by Gasteiger charge is -2.23. The zero-order valence-electron chi connectivity index (χ0n) is 9.21. The molecule has 1 fully saturated rings. The zero-order chi connectivity index (χ0) is 12.4.